The number of hydrogen-bond acceptors (Lipinski definition) is 6. The minimum absolute atomic E-state index is 0.0719. The van der Waals surface area contributed by atoms with E-state index in [4.69, 9.17) is 9.47 Å². The zero-order valence-electron chi connectivity index (χ0n) is 20.4. The van der Waals surface area contributed by atoms with E-state index in [1.54, 1.807) is 18.4 Å². The third-order valence-electron chi connectivity index (χ3n) is 6.20. The molecule has 0 spiro atoms. The number of methoxy groups -OCH3 is 1. The summed E-state index contributed by atoms with van der Waals surface area (Å²) in [6, 6.07) is 10.0. The van der Waals surface area contributed by atoms with E-state index < -0.39 is 6.10 Å². The molecule has 0 saturated carbocycles. The molecule has 7 heteroatoms. The number of amides is 1. The minimum Gasteiger partial charge on any atom is -0.491 e. The fourth-order valence-corrected chi connectivity index (χ4v) is 5.26. The van der Waals surface area contributed by atoms with Gasteiger partial charge >= 0.3 is 0 Å². The highest BCUT2D eigenvalue weighted by Gasteiger charge is 2.33. The molecule has 0 saturated heterocycles. The van der Waals surface area contributed by atoms with Gasteiger partial charge in [0.2, 0.25) is 5.91 Å². The summed E-state index contributed by atoms with van der Waals surface area (Å²) in [6.07, 6.45) is 4.41. The quantitative estimate of drug-likeness (QED) is 0.320. The average Bonchev–Trinajstić information content (AvgIpc) is 3.31. The van der Waals surface area contributed by atoms with E-state index in [0.29, 0.717) is 39.3 Å². The molecule has 3 rings (SSSR count). The molecule has 1 aromatic heterocycles. The zero-order chi connectivity index (χ0) is 24.3. The third-order valence-corrected chi connectivity index (χ3v) is 7.20. The van der Waals surface area contributed by atoms with Crippen LogP contribution in [-0.4, -0.2) is 73.4 Å². The molecule has 1 aliphatic rings. The topological polar surface area (TPSA) is 62.2 Å². The van der Waals surface area contributed by atoms with Gasteiger partial charge in [-0.2, -0.15) is 0 Å². The van der Waals surface area contributed by atoms with Crippen molar-refractivity contribution in [2.24, 2.45) is 0 Å². The van der Waals surface area contributed by atoms with E-state index in [0.717, 1.165) is 25.0 Å². The maximum atomic E-state index is 13.5. The number of carbonyl (C=O) groups excluding carboxylic acids is 1. The molecule has 2 atom stereocenters. The Hall–Kier alpha value is -2.19. The van der Waals surface area contributed by atoms with E-state index in [2.05, 4.69) is 29.8 Å². The van der Waals surface area contributed by atoms with Crippen LogP contribution in [0.25, 0.3) is 0 Å². The Morgan fingerprint density at radius 2 is 2.15 bits per heavy atom. The molecule has 1 aromatic carbocycles. The van der Waals surface area contributed by atoms with Crippen molar-refractivity contribution >= 4 is 17.2 Å². The summed E-state index contributed by atoms with van der Waals surface area (Å²) >= 11 is 1.75. The van der Waals surface area contributed by atoms with E-state index in [1.807, 2.05) is 35.2 Å². The number of aliphatic hydroxyl groups is 1. The summed E-state index contributed by atoms with van der Waals surface area (Å²) in [4.78, 5) is 18.9. The fraction of sp³-hybridized carbons (Fsp3) is 0.519. The summed E-state index contributed by atoms with van der Waals surface area (Å²) in [5, 5.41) is 12.6. The number of fused-ring (bicyclic) bond motifs is 1. The van der Waals surface area contributed by atoms with Gasteiger partial charge in [0.25, 0.3) is 0 Å². The van der Waals surface area contributed by atoms with Gasteiger partial charge in [-0.1, -0.05) is 23.8 Å². The third kappa shape index (κ3) is 7.67. The Kier molecular flexibility index (Phi) is 10.6. The normalized spacial score (nSPS) is 16.4. The summed E-state index contributed by atoms with van der Waals surface area (Å²) in [5.41, 5.74) is 2.37. The van der Waals surface area contributed by atoms with Crippen molar-refractivity contribution in [3.63, 3.8) is 0 Å². The molecule has 1 amide bonds. The lowest BCUT2D eigenvalue weighted by Gasteiger charge is -2.37. The number of benzene rings is 1. The predicted molar refractivity (Wildman–Crippen MR) is 138 cm³/mol. The van der Waals surface area contributed by atoms with E-state index in [-0.39, 0.29) is 18.5 Å². The number of carbonyl (C=O) groups is 1. The summed E-state index contributed by atoms with van der Waals surface area (Å²) in [7, 11) is 1.68. The van der Waals surface area contributed by atoms with E-state index >= 15 is 0 Å². The molecule has 1 N–H and O–H groups in total. The lowest BCUT2D eigenvalue weighted by Crippen LogP contribution is -2.48. The standard InChI is InChI=1S/C27H38N2O4S/c1-4-5-7-22(30)18-28(14-6-16-32-3)19-27(31)29-15-12-26-24(13-17-34-26)25(29)20-33-23-10-8-21(2)9-11-23/h4,8-11,13,17,22,25,30H,1,5-7,12,14-16,18-20H2,2-3H3. The monoisotopic (exact) mass is 486 g/mol. The second kappa shape index (κ2) is 13.6. The van der Waals surface area contributed by atoms with Crippen LogP contribution in [0.5, 0.6) is 5.75 Å². The second-order valence-corrected chi connectivity index (χ2v) is 9.88. The molecular formula is C27H38N2O4S. The minimum atomic E-state index is -0.487. The number of aryl methyl sites for hydroxylation is 1. The van der Waals surface area contributed by atoms with Gasteiger partial charge in [-0.3, -0.25) is 9.69 Å². The van der Waals surface area contributed by atoms with Crippen molar-refractivity contribution in [2.75, 3.05) is 46.5 Å². The Morgan fingerprint density at radius 3 is 2.88 bits per heavy atom. The molecule has 0 radical (unpaired) electrons. The molecule has 2 unspecified atom stereocenters. The van der Waals surface area contributed by atoms with Gasteiger partial charge in [0.05, 0.1) is 18.7 Å². The molecule has 186 valence electrons. The van der Waals surface area contributed by atoms with Crippen LogP contribution in [0.3, 0.4) is 0 Å². The molecular weight excluding hydrogens is 448 g/mol. The van der Waals surface area contributed by atoms with Crippen molar-refractivity contribution in [3.05, 3.63) is 64.4 Å². The van der Waals surface area contributed by atoms with Crippen molar-refractivity contribution in [1.82, 2.24) is 9.80 Å². The van der Waals surface area contributed by atoms with Gasteiger partial charge in [0, 0.05) is 38.2 Å². The van der Waals surface area contributed by atoms with Gasteiger partial charge in [-0.05, 0) is 61.7 Å². The van der Waals surface area contributed by atoms with Crippen LogP contribution < -0.4 is 4.74 Å². The Labute approximate surface area is 207 Å². The number of nitrogens with zero attached hydrogens (tertiary/aromatic N) is 2. The van der Waals surface area contributed by atoms with Gasteiger partial charge < -0.3 is 19.5 Å². The first-order chi connectivity index (χ1) is 16.5. The van der Waals surface area contributed by atoms with E-state index in [9.17, 15) is 9.90 Å². The van der Waals surface area contributed by atoms with Gasteiger partial charge in [0.1, 0.15) is 12.4 Å². The highest BCUT2D eigenvalue weighted by molar-refractivity contribution is 7.10. The molecule has 6 nitrogen and oxygen atoms in total. The maximum absolute atomic E-state index is 13.5. The first kappa shape index (κ1) is 26.4. The van der Waals surface area contributed by atoms with Crippen LogP contribution in [-0.2, 0) is 16.0 Å². The number of thiophene rings is 1. The van der Waals surface area contributed by atoms with Crippen LogP contribution in [0.4, 0.5) is 0 Å². The van der Waals surface area contributed by atoms with Crippen LogP contribution >= 0.6 is 11.3 Å². The SMILES string of the molecule is C=CCCC(O)CN(CCCOC)CC(=O)N1CCc2sccc2C1COc1ccc(C)cc1. The fourth-order valence-electron chi connectivity index (χ4n) is 4.33. The number of hydrogen-bond donors (Lipinski definition) is 1. The Balaban J connectivity index is 1.69. The highest BCUT2D eigenvalue weighted by atomic mass is 32.1. The Morgan fingerprint density at radius 1 is 1.35 bits per heavy atom. The van der Waals surface area contributed by atoms with Crippen molar-refractivity contribution in [1.29, 1.82) is 0 Å². The highest BCUT2D eigenvalue weighted by Crippen LogP contribution is 2.34. The molecule has 34 heavy (non-hydrogen) atoms. The van der Waals surface area contributed by atoms with Crippen LogP contribution in [0.15, 0.2) is 48.4 Å². The second-order valence-electron chi connectivity index (χ2n) is 8.88. The number of allylic oxidation sites excluding steroid dienone is 1. The number of ether oxygens (including phenoxy) is 2. The molecule has 2 heterocycles. The average molecular weight is 487 g/mol. The van der Waals surface area contributed by atoms with Crippen LogP contribution in [0.2, 0.25) is 0 Å². The first-order valence-electron chi connectivity index (χ1n) is 12.1. The lowest BCUT2D eigenvalue weighted by atomic mass is 10.0. The predicted octanol–water partition coefficient (Wildman–Crippen LogP) is 4.23. The van der Waals surface area contributed by atoms with Gasteiger partial charge in [-0.15, -0.1) is 17.9 Å². The zero-order valence-corrected chi connectivity index (χ0v) is 21.3. The van der Waals surface area contributed by atoms with Crippen LogP contribution in [0, 0.1) is 6.92 Å². The molecule has 0 fully saturated rings. The summed E-state index contributed by atoms with van der Waals surface area (Å²) in [6.45, 7) is 8.95. The summed E-state index contributed by atoms with van der Waals surface area (Å²) in [5.74, 6) is 0.884. The van der Waals surface area contributed by atoms with Crippen molar-refractivity contribution in [3.8, 4) is 5.75 Å². The number of rotatable bonds is 14. The van der Waals surface area contributed by atoms with E-state index in [1.165, 1.54) is 16.0 Å². The van der Waals surface area contributed by atoms with Crippen molar-refractivity contribution in [2.45, 2.75) is 44.8 Å². The lowest BCUT2D eigenvalue weighted by molar-refractivity contribution is -0.136. The maximum Gasteiger partial charge on any atom is 0.237 e. The van der Waals surface area contributed by atoms with Gasteiger partial charge in [0.15, 0.2) is 0 Å². The largest absolute Gasteiger partial charge is 0.491 e. The first-order valence-corrected chi connectivity index (χ1v) is 12.9. The number of aliphatic hydroxyl groups excluding tert-OH is 1. The smallest absolute Gasteiger partial charge is 0.237 e. The van der Waals surface area contributed by atoms with Gasteiger partial charge in [-0.25, -0.2) is 0 Å². The molecule has 0 aliphatic carbocycles. The molecule has 1 aliphatic heterocycles. The summed E-state index contributed by atoms with van der Waals surface area (Å²) < 4.78 is 11.3. The van der Waals surface area contributed by atoms with Crippen molar-refractivity contribution < 1.29 is 19.4 Å². The molecule has 0 bridgehead atoms. The Bertz CT molecular complexity index is 898. The van der Waals surface area contributed by atoms with Crippen LogP contribution in [0.1, 0.15) is 41.3 Å². The molecule has 2 aromatic rings.